The molecule has 5 amide bonds. The number of carbonyl (C=O) groups is 5. The molecule has 3 aliphatic heterocycles. The molecule has 2 fully saturated rings. The average Bonchev–Trinajstić information content (AvgIpc) is 3.34. The number of nitrogens with zero attached hydrogens (tertiary/aromatic N) is 2. The number of hydrogen-bond donors (Lipinski definition) is 6. The zero-order chi connectivity index (χ0) is 32.2. The van der Waals surface area contributed by atoms with Gasteiger partial charge in [0, 0.05) is 50.7 Å². The Morgan fingerprint density at radius 2 is 1.71 bits per heavy atom. The van der Waals surface area contributed by atoms with Gasteiger partial charge < -0.3 is 50.4 Å². The summed E-state index contributed by atoms with van der Waals surface area (Å²) in [6, 6.07) is 2.68. The third-order valence-corrected chi connectivity index (χ3v) is 7.76. The van der Waals surface area contributed by atoms with E-state index in [2.05, 4.69) is 26.6 Å². The summed E-state index contributed by atoms with van der Waals surface area (Å²) >= 11 is 0. The van der Waals surface area contributed by atoms with Crippen LogP contribution in [0.2, 0.25) is 0 Å². The molecule has 1 aromatic carbocycles. The third kappa shape index (κ3) is 9.58. The predicted molar refractivity (Wildman–Crippen MR) is 161 cm³/mol. The summed E-state index contributed by atoms with van der Waals surface area (Å²) in [7, 11) is 0. The van der Waals surface area contributed by atoms with Crippen molar-refractivity contribution in [1.82, 2.24) is 25.8 Å². The number of carbonyl (C=O) groups excluding carboxylic acids is 5. The second-order valence-corrected chi connectivity index (χ2v) is 10.9. The number of rotatable bonds is 17. The largest absolute Gasteiger partial charge is 0.377 e. The molecule has 3 aliphatic rings. The predicted octanol–water partition coefficient (Wildman–Crippen LogP) is -1.79. The van der Waals surface area contributed by atoms with E-state index in [1.807, 2.05) is 6.92 Å². The summed E-state index contributed by atoms with van der Waals surface area (Å²) in [5.41, 5.74) is 2.06. The van der Waals surface area contributed by atoms with Gasteiger partial charge >= 0.3 is 0 Å². The minimum atomic E-state index is -0.758. The molecule has 0 bridgehead atoms. The topological polar surface area (TPSA) is 200 Å². The Labute approximate surface area is 261 Å². The van der Waals surface area contributed by atoms with E-state index < -0.39 is 11.9 Å². The van der Waals surface area contributed by atoms with Gasteiger partial charge in [-0.2, -0.15) is 0 Å². The molecular weight excluding hydrogens is 590 g/mol. The van der Waals surface area contributed by atoms with Gasteiger partial charge in [0.15, 0.2) is 0 Å². The summed E-state index contributed by atoms with van der Waals surface area (Å²) in [4.78, 5) is 66.4. The van der Waals surface area contributed by atoms with Crippen molar-refractivity contribution in [3.8, 4) is 0 Å². The molecule has 2 atom stereocenters. The molecule has 45 heavy (non-hydrogen) atoms. The normalized spacial score (nSPS) is 19.7. The van der Waals surface area contributed by atoms with Crippen LogP contribution in [0.4, 0.5) is 11.4 Å². The Balaban J connectivity index is 1.34. The number of benzene rings is 1. The van der Waals surface area contributed by atoms with Gasteiger partial charge in [-0.1, -0.05) is 0 Å². The molecule has 16 heteroatoms. The van der Waals surface area contributed by atoms with Crippen LogP contribution in [-0.2, 0) is 39.9 Å². The molecule has 1 aromatic rings. The molecular formula is C29H43N7O9. The van der Waals surface area contributed by atoms with Crippen LogP contribution in [0.5, 0.6) is 0 Å². The molecule has 2 unspecified atom stereocenters. The summed E-state index contributed by atoms with van der Waals surface area (Å²) in [6.45, 7) is 5.64. The quantitative estimate of drug-likeness (QED) is 0.0641. The number of ether oxygens (including phenoxy) is 3. The van der Waals surface area contributed by atoms with Gasteiger partial charge in [-0.25, -0.2) is 0 Å². The van der Waals surface area contributed by atoms with Gasteiger partial charge in [0.25, 0.3) is 5.91 Å². The summed E-state index contributed by atoms with van der Waals surface area (Å²) in [5, 5.41) is 23.1. The lowest BCUT2D eigenvalue weighted by Crippen LogP contribution is -2.53. The molecule has 2 saturated heterocycles. The van der Waals surface area contributed by atoms with Crippen LogP contribution in [0, 0.1) is 0 Å². The van der Waals surface area contributed by atoms with E-state index in [1.54, 1.807) is 17.0 Å². The van der Waals surface area contributed by atoms with Crippen molar-refractivity contribution in [2.45, 2.75) is 38.4 Å². The van der Waals surface area contributed by atoms with Gasteiger partial charge in [-0.3, -0.25) is 29.3 Å². The van der Waals surface area contributed by atoms with Gasteiger partial charge in [-0.05, 0) is 31.0 Å². The molecule has 0 saturated carbocycles. The van der Waals surface area contributed by atoms with Crippen LogP contribution < -0.4 is 26.6 Å². The molecule has 0 spiro atoms. The van der Waals surface area contributed by atoms with Crippen molar-refractivity contribution in [2.75, 3.05) is 89.7 Å². The van der Waals surface area contributed by atoms with Crippen LogP contribution in [0.1, 0.15) is 35.7 Å². The second kappa shape index (κ2) is 17.0. The van der Waals surface area contributed by atoms with Gasteiger partial charge in [-0.15, -0.1) is 0 Å². The van der Waals surface area contributed by atoms with Crippen molar-refractivity contribution in [2.24, 2.45) is 0 Å². The Bertz CT molecular complexity index is 1230. The van der Waals surface area contributed by atoms with Gasteiger partial charge in [0.2, 0.25) is 23.6 Å². The third-order valence-electron chi connectivity index (χ3n) is 7.76. The lowest BCUT2D eigenvalue weighted by atomic mass is 10.0. The molecule has 4 rings (SSSR count). The first kappa shape index (κ1) is 34.1. The number of imide groups is 1. The monoisotopic (exact) mass is 633 g/mol. The zero-order valence-corrected chi connectivity index (χ0v) is 25.5. The van der Waals surface area contributed by atoms with Crippen molar-refractivity contribution in [3.05, 3.63) is 23.3 Å². The van der Waals surface area contributed by atoms with E-state index in [9.17, 15) is 24.0 Å². The van der Waals surface area contributed by atoms with Crippen LogP contribution in [0.15, 0.2) is 12.1 Å². The van der Waals surface area contributed by atoms with E-state index in [1.165, 1.54) is 4.90 Å². The average molecular weight is 634 g/mol. The maximum atomic E-state index is 13.4. The van der Waals surface area contributed by atoms with E-state index >= 15 is 0 Å². The molecule has 248 valence electrons. The number of nitrogens with one attached hydrogen (secondary N) is 5. The van der Waals surface area contributed by atoms with E-state index in [4.69, 9.17) is 19.3 Å². The van der Waals surface area contributed by atoms with Gasteiger partial charge in [0.1, 0.15) is 12.8 Å². The number of aliphatic hydroxyl groups is 1. The first-order chi connectivity index (χ1) is 21.8. The highest BCUT2D eigenvalue weighted by Crippen LogP contribution is 2.34. The number of aliphatic hydroxyl groups excluding tert-OH is 1. The smallest absolute Gasteiger partial charge is 0.255 e. The minimum absolute atomic E-state index is 0.00936. The standard InChI is InChI=1S/C29H43N7O9/c1-19-14-30-4-6-35(19)27(40)16-33-23-13-21-20(17-36(29(21)42)24-2-3-25(38)34-28(24)41)12-22(23)32-15-26(39)31-5-7-43-8-9-44-10-11-45-18-37/h12-13,19,24,30,32-33,37H,2-11,14-18H2,1H3,(H,31,39)(H,34,38,41). The highest BCUT2D eigenvalue weighted by Gasteiger charge is 2.39. The highest BCUT2D eigenvalue weighted by atomic mass is 16.6. The van der Waals surface area contributed by atoms with Crippen molar-refractivity contribution < 1.29 is 43.3 Å². The van der Waals surface area contributed by atoms with Crippen molar-refractivity contribution >= 4 is 40.9 Å². The summed E-state index contributed by atoms with van der Waals surface area (Å²) < 4.78 is 15.5. The number of anilines is 2. The first-order valence-corrected chi connectivity index (χ1v) is 15.2. The fourth-order valence-electron chi connectivity index (χ4n) is 5.40. The SMILES string of the molecule is CC1CNCCN1C(=O)CNc1cc2c(cc1NCC(=O)NCCOCCOCCOCO)CN(C1CCC(=O)NC1=O)C2=O. The fourth-order valence-corrected chi connectivity index (χ4v) is 5.40. The first-order valence-electron chi connectivity index (χ1n) is 15.2. The molecule has 16 nitrogen and oxygen atoms in total. The highest BCUT2D eigenvalue weighted by molar-refractivity contribution is 6.06. The molecule has 0 aromatic heterocycles. The Morgan fingerprint density at radius 1 is 1.00 bits per heavy atom. The van der Waals surface area contributed by atoms with E-state index in [0.717, 1.165) is 0 Å². The minimum Gasteiger partial charge on any atom is -0.377 e. The second-order valence-electron chi connectivity index (χ2n) is 10.9. The van der Waals surface area contributed by atoms with Crippen LogP contribution in [-0.4, -0.2) is 136 Å². The molecule has 0 aliphatic carbocycles. The Morgan fingerprint density at radius 3 is 2.44 bits per heavy atom. The number of fused-ring (bicyclic) bond motifs is 1. The summed E-state index contributed by atoms with van der Waals surface area (Å²) in [6.07, 6.45) is 0.395. The van der Waals surface area contributed by atoms with Crippen LogP contribution >= 0.6 is 0 Å². The fraction of sp³-hybridized carbons (Fsp3) is 0.621. The van der Waals surface area contributed by atoms with E-state index in [-0.39, 0.29) is 75.5 Å². The van der Waals surface area contributed by atoms with Crippen LogP contribution in [0.25, 0.3) is 0 Å². The zero-order valence-electron chi connectivity index (χ0n) is 25.5. The van der Waals surface area contributed by atoms with Crippen LogP contribution in [0.3, 0.4) is 0 Å². The Hall–Kier alpha value is -3.83. The lowest BCUT2D eigenvalue weighted by molar-refractivity contribution is -0.137. The van der Waals surface area contributed by atoms with E-state index in [0.29, 0.717) is 75.2 Å². The number of piperidine rings is 1. The number of hydrogen-bond acceptors (Lipinski definition) is 12. The number of piperazine rings is 1. The molecule has 0 radical (unpaired) electrons. The maximum Gasteiger partial charge on any atom is 0.255 e. The van der Waals surface area contributed by atoms with Crippen molar-refractivity contribution in [3.63, 3.8) is 0 Å². The van der Waals surface area contributed by atoms with Gasteiger partial charge in [0.05, 0.1) is 57.5 Å². The van der Waals surface area contributed by atoms with Crippen molar-refractivity contribution in [1.29, 1.82) is 0 Å². The maximum absolute atomic E-state index is 13.4. The summed E-state index contributed by atoms with van der Waals surface area (Å²) in [5.74, 6) is -1.57. The molecule has 6 N–H and O–H groups in total. The molecule has 3 heterocycles. The number of amides is 5. The Kier molecular flexibility index (Phi) is 12.9. The lowest BCUT2D eigenvalue weighted by Gasteiger charge is -2.34.